The normalized spacial score (nSPS) is 20.5. The van der Waals surface area contributed by atoms with Crippen molar-refractivity contribution in [1.29, 1.82) is 0 Å². The first-order chi connectivity index (χ1) is 12.1. The molecular formula is C17H26N4O4. The molecule has 8 heteroatoms. The smallest absolute Gasteiger partial charge is 0.407 e. The zero-order valence-corrected chi connectivity index (χ0v) is 14.8. The molecule has 2 aliphatic heterocycles. The van der Waals surface area contributed by atoms with Crippen molar-refractivity contribution in [3.8, 4) is 11.8 Å². The van der Waals surface area contributed by atoms with E-state index in [1.807, 2.05) is 0 Å². The van der Waals surface area contributed by atoms with Gasteiger partial charge >= 0.3 is 6.09 Å². The zero-order valence-electron chi connectivity index (χ0n) is 14.8. The minimum Gasteiger partial charge on any atom is -0.481 e. The molecule has 0 atom stereocenters. The number of methoxy groups -OCH3 is 2. The van der Waals surface area contributed by atoms with Gasteiger partial charge in [0.05, 0.1) is 20.3 Å². The van der Waals surface area contributed by atoms with Crippen LogP contribution in [0.25, 0.3) is 0 Å². The molecule has 3 rings (SSSR count). The summed E-state index contributed by atoms with van der Waals surface area (Å²) >= 11 is 0. The Morgan fingerprint density at radius 3 is 2.08 bits per heavy atom. The topological polar surface area (TPSA) is 88.0 Å². The van der Waals surface area contributed by atoms with Crippen LogP contribution in [0.15, 0.2) is 6.07 Å². The lowest BCUT2D eigenvalue weighted by Gasteiger charge is -2.41. The van der Waals surface area contributed by atoms with Gasteiger partial charge < -0.3 is 24.4 Å². The van der Waals surface area contributed by atoms with Crippen LogP contribution in [-0.2, 0) is 0 Å². The summed E-state index contributed by atoms with van der Waals surface area (Å²) in [6, 6.07) is 2.17. The summed E-state index contributed by atoms with van der Waals surface area (Å²) in [5, 5.41) is 9.06. The minimum absolute atomic E-state index is 0.305. The molecule has 3 heterocycles. The summed E-state index contributed by atoms with van der Waals surface area (Å²) < 4.78 is 10.5. The molecule has 0 saturated carbocycles. The van der Waals surface area contributed by atoms with Crippen molar-refractivity contribution in [3.63, 3.8) is 0 Å². The predicted molar refractivity (Wildman–Crippen MR) is 91.3 cm³/mol. The van der Waals surface area contributed by atoms with E-state index < -0.39 is 6.09 Å². The molecule has 138 valence electrons. The van der Waals surface area contributed by atoms with Crippen LogP contribution in [0.1, 0.15) is 37.4 Å². The number of likely N-dealkylation sites (tertiary alicyclic amines) is 2. The molecule has 0 aliphatic carbocycles. The highest BCUT2D eigenvalue weighted by atomic mass is 16.5. The SMILES string of the molecule is COc1cc(OC)nc(C2CCN(C3CCN(C(=O)O)CC3)CC2)n1. The molecule has 1 aromatic rings. The largest absolute Gasteiger partial charge is 0.481 e. The Morgan fingerprint density at radius 1 is 1.04 bits per heavy atom. The minimum atomic E-state index is -0.804. The first-order valence-corrected chi connectivity index (χ1v) is 8.79. The number of carboxylic acid groups (broad SMARTS) is 1. The van der Waals surface area contributed by atoms with Gasteiger partial charge in [0.2, 0.25) is 11.8 Å². The highest BCUT2D eigenvalue weighted by Gasteiger charge is 2.31. The summed E-state index contributed by atoms with van der Waals surface area (Å²) in [4.78, 5) is 24.0. The molecule has 0 unspecified atom stereocenters. The number of hydrogen-bond acceptors (Lipinski definition) is 6. The average molecular weight is 350 g/mol. The van der Waals surface area contributed by atoms with E-state index in [1.165, 1.54) is 4.90 Å². The Kier molecular flexibility index (Phi) is 5.57. The van der Waals surface area contributed by atoms with Crippen LogP contribution in [0, 0.1) is 0 Å². The van der Waals surface area contributed by atoms with Gasteiger partial charge in [-0.05, 0) is 38.8 Å². The van der Waals surface area contributed by atoms with E-state index in [4.69, 9.17) is 14.6 Å². The predicted octanol–water partition coefficient (Wildman–Crippen LogP) is 1.82. The van der Waals surface area contributed by atoms with Crippen LogP contribution in [0.4, 0.5) is 4.79 Å². The molecule has 8 nitrogen and oxygen atoms in total. The Balaban J connectivity index is 1.56. The molecular weight excluding hydrogens is 324 g/mol. The second kappa shape index (κ2) is 7.86. The monoisotopic (exact) mass is 350 g/mol. The molecule has 2 fully saturated rings. The van der Waals surface area contributed by atoms with Crippen molar-refractivity contribution < 1.29 is 19.4 Å². The lowest BCUT2D eigenvalue weighted by atomic mass is 9.93. The fraction of sp³-hybridized carbons (Fsp3) is 0.706. The molecule has 0 spiro atoms. The third kappa shape index (κ3) is 4.12. The van der Waals surface area contributed by atoms with Crippen LogP contribution in [0.2, 0.25) is 0 Å². The lowest BCUT2D eigenvalue weighted by Crippen LogP contribution is -2.48. The molecule has 1 amide bonds. The van der Waals surface area contributed by atoms with Crippen molar-refractivity contribution in [1.82, 2.24) is 19.8 Å². The van der Waals surface area contributed by atoms with Gasteiger partial charge in [-0.15, -0.1) is 0 Å². The summed E-state index contributed by atoms with van der Waals surface area (Å²) in [6.45, 7) is 3.25. The van der Waals surface area contributed by atoms with E-state index in [0.29, 0.717) is 36.8 Å². The van der Waals surface area contributed by atoms with Crippen LogP contribution < -0.4 is 9.47 Å². The molecule has 0 bridgehead atoms. The highest BCUT2D eigenvalue weighted by Crippen LogP contribution is 2.30. The van der Waals surface area contributed by atoms with Crippen molar-refractivity contribution in [2.24, 2.45) is 0 Å². The Hall–Kier alpha value is -2.09. The third-order valence-corrected chi connectivity index (χ3v) is 5.26. The molecule has 0 radical (unpaired) electrons. The molecule has 1 N–H and O–H groups in total. The lowest BCUT2D eigenvalue weighted by molar-refractivity contribution is 0.0804. The van der Waals surface area contributed by atoms with Gasteiger partial charge in [-0.3, -0.25) is 0 Å². The van der Waals surface area contributed by atoms with Crippen LogP contribution in [-0.4, -0.2) is 77.4 Å². The number of amides is 1. The van der Waals surface area contributed by atoms with Gasteiger partial charge in [0.1, 0.15) is 5.82 Å². The van der Waals surface area contributed by atoms with E-state index >= 15 is 0 Å². The van der Waals surface area contributed by atoms with Gasteiger partial charge in [0.15, 0.2) is 0 Å². The molecule has 1 aromatic heterocycles. The standard InChI is InChI=1S/C17H26N4O4/c1-24-14-11-15(25-2)19-16(18-14)12-3-7-20(8-4-12)13-5-9-21(10-6-13)17(22)23/h11-13H,3-10H2,1-2H3,(H,22,23). The number of aromatic nitrogens is 2. The Bertz CT molecular complexity index is 574. The van der Waals surface area contributed by atoms with Crippen LogP contribution >= 0.6 is 0 Å². The summed E-state index contributed by atoms with van der Waals surface area (Å²) in [7, 11) is 3.19. The second-order valence-electron chi connectivity index (χ2n) is 6.62. The number of hydrogen-bond donors (Lipinski definition) is 1. The number of carbonyl (C=O) groups is 1. The number of nitrogens with zero attached hydrogens (tertiary/aromatic N) is 4. The van der Waals surface area contributed by atoms with Crippen molar-refractivity contribution >= 4 is 6.09 Å². The van der Waals surface area contributed by atoms with Crippen LogP contribution in [0.5, 0.6) is 11.8 Å². The highest BCUT2D eigenvalue weighted by molar-refractivity contribution is 5.65. The number of rotatable bonds is 4. The maximum Gasteiger partial charge on any atom is 0.407 e. The first kappa shape index (κ1) is 17.7. The van der Waals surface area contributed by atoms with Gasteiger partial charge in [-0.1, -0.05) is 0 Å². The van der Waals surface area contributed by atoms with Crippen molar-refractivity contribution in [3.05, 3.63) is 11.9 Å². The summed E-state index contributed by atoms with van der Waals surface area (Å²) in [5.74, 6) is 2.16. The third-order valence-electron chi connectivity index (χ3n) is 5.26. The fourth-order valence-corrected chi connectivity index (χ4v) is 3.76. The number of piperidine rings is 2. The van der Waals surface area contributed by atoms with Crippen molar-refractivity contribution in [2.75, 3.05) is 40.4 Å². The Labute approximate surface area is 147 Å². The molecule has 0 aromatic carbocycles. The first-order valence-electron chi connectivity index (χ1n) is 8.79. The molecule has 2 aliphatic rings. The van der Waals surface area contributed by atoms with Gasteiger partial charge in [-0.2, -0.15) is 9.97 Å². The van der Waals surface area contributed by atoms with Gasteiger partial charge in [0.25, 0.3) is 0 Å². The quantitative estimate of drug-likeness (QED) is 0.886. The van der Waals surface area contributed by atoms with E-state index in [9.17, 15) is 4.79 Å². The fourth-order valence-electron chi connectivity index (χ4n) is 3.76. The van der Waals surface area contributed by atoms with E-state index in [1.54, 1.807) is 20.3 Å². The van der Waals surface area contributed by atoms with Crippen molar-refractivity contribution in [2.45, 2.75) is 37.6 Å². The van der Waals surface area contributed by atoms with Gasteiger partial charge in [0, 0.05) is 25.0 Å². The van der Waals surface area contributed by atoms with E-state index in [0.717, 1.165) is 44.6 Å². The summed E-state index contributed by atoms with van der Waals surface area (Å²) in [6.07, 6.45) is 3.02. The molecule has 2 saturated heterocycles. The maximum absolute atomic E-state index is 11.0. The molecule has 25 heavy (non-hydrogen) atoms. The van der Waals surface area contributed by atoms with E-state index in [2.05, 4.69) is 14.9 Å². The summed E-state index contributed by atoms with van der Waals surface area (Å²) in [5.41, 5.74) is 0. The second-order valence-corrected chi connectivity index (χ2v) is 6.62. The average Bonchev–Trinajstić information content (AvgIpc) is 2.67. The van der Waals surface area contributed by atoms with E-state index in [-0.39, 0.29) is 0 Å². The number of ether oxygens (including phenoxy) is 2. The zero-order chi connectivity index (χ0) is 17.8. The van der Waals surface area contributed by atoms with Gasteiger partial charge in [-0.25, -0.2) is 4.79 Å². The maximum atomic E-state index is 11.0. The van der Waals surface area contributed by atoms with Crippen LogP contribution in [0.3, 0.4) is 0 Å². The Morgan fingerprint density at radius 2 is 1.60 bits per heavy atom.